The first-order valence-electron chi connectivity index (χ1n) is 7.36. The van der Waals surface area contributed by atoms with Crippen molar-refractivity contribution in [1.29, 1.82) is 0 Å². The van der Waals surface area contributed by atoms with Crippen molar-refractivity contribution in [3.05, 3.63) is 30.3 Å². The largest absolute Gasteiger partial charge is 0.385 e. The van der Waals surface area contributed by atoms with Gasteiger partial charge in [-0.3, -0.25) is 4.90 Å². The molecule has 1 aromatic rings. The minimum atomic E-state index is 0.784. The molecule has 1 N–H and O–H groups in total. The van der Waals surface area contributed by atoms with E-state index < -0.39 is 0 Å². The van der Waals surface area contributed by atoms with Gasteiger partial charge >= 0.3 is 0 Å². The zero-order valence-corrected chi connectivity index (χ0v) is 11.7. The molecule has 1 aliphatic rings. The fourth-order valence-corrected chi connectivity index (χ4v) is 3.02. The van der Waals surface area contributed by atoms with Crippen molar-refractivity contribution >= 4 is 5.69 Å². The minimum Gasteiger partial charge on any atom is -0.385 e. The summed E-state index contributed by atoms with van der Waals surface area (Å²) in [5.74, 6) is 0. The molecule has 0 spiro atoms. The highest BCUT2D eigenvalue weighted by molar-refractivity contribution is 5.42. The van der Waals surface area contributed by atoms with Crippen molar-refractivity contribution in [3.8, 4) is 0 Å². The zero-order chi connectivity index (χ0) is 12.8. The van der Waals surface area contributed by atoms with Crippen molar-refractivity contribution in [1.82, 2.24) is 4.90 Å². The Hall–Kier alpha value is -1.02. The van der Waals surface area contributed by atoms with E-state index in [1.54, 1.807) is 0 Å². The number of hydrogen-bond donors (Lipinski definition) is 1. The first-order valence-corrected chi connectivity index (χ1v) is 7.36. The summed E-state index contributed by atoms with van der Waals surface area (Å²) in [7, 11) is 0. The molecule has 0 bridgehead atoms. The first kappa shape index (κ1) is 13.4. The summed E-state index contributed by atoms with van der Waals surface area (Å²) in [6.07, 6.45) is 5.31. The van der Waals surface area contributed by atoms with E-state index in [9.17, 15) is 0 Å². The standard InChI is InChI=1S/C16H26N2/c1-3-16-11-10-14(2)18(16)13-7-12-17-15-8-5-4-6-9-15/h4-6,8-9,14,16-17H,3,7,10-13H2,1-2H3. The topological polar surface area (TPSA) is 15.3 Å². The average Bonchev–Trinajstić information content (AvgIpc) is 2.77. The third-order valence-electron chi connectivity index (χ3n) is 4.12. The van der Waals surface area contributed by atoms with Gasteiger partial charge in [0.25, 0.3) is 0 Å². The predicted octanol–water partition coefficient (Wildman–Crippen LogP) is 3.75. The Kier molecular flexibility index (Phi) is 5.06. The number of likely N-dealkylation sites (tertiary alicyclic amines) is 1. The van der Waals surface area contributed by atoms with Gasteiger partial charge in [-0.15, -0.1) is 0 Å². The molecule has 2 rings (SSSR count). The Labute approximate surface area is 111 Å². The van der Waals surface area contributed by atoms with Crippen LogP contribution in [-0.4, -0.2) is 30.1 Å². The summed E-state index contributed by atoms with van der Waals surface area (Å²) in [6.45, 7) is 7.00. The van der Waals surface area contributed by atoms with Gasteiger partial charge in [0.1, 0.15) is 0 Å². The third kappa shape index (κ3) is 3.49. The number of benzene rings is 1. The van der Waals surface area contributed by atoms with Crippen molar-refractivity contribution in [2.45, 2.75) is 51.6 Å². The Morgan fingerprint density at radius 3 is 2.72 bits per heavy atom. The number of nitrogens with one attached hydrogen (secondary N) is 1. The maximum Gasteiger partial charge on any atom is 0.0340 e. The second-order valence-electron chi connectivity index (χ2n) is 5.37. The van der Waals surface area contributed by atoms with Gasteiger partial charge in [-0.25, -0.2) is 0 Å². The summed E-state index contributed by atoms with van der Waals surface area (Å²) in [6, 6.07) is 12.1. The van der Waals surface area contributed by atoms with E-state index in [-0.39, 0.29) is 0 Å². The lowest BCUT2D eigenvalue weighted by atomic mass is 10.1. The lowest BCUT2D eigenvalue weighted by Crippen LogP contribution is -2.35. The first-order chi connectivity index (χ1) is 8.81. The molecular formula is C16H26N2. The number of para-hydroxylation sites is 1. The molecule has 1 aromatic carbocycles. The molecule has 0 radical (unpaired) electrons. The van der Waals surface area contributed by atoms with Gasteiger partial charge in [-0.05, 0) is 44.7 Å². The van der Waals surface area contributed by atoms with Crippen LogP contribution in [0.3, 0.4) is 0 Å². The minimum absolute atomic E-state index is 0.784. The number of rotatable bonds is 6. The number of anilines is 1. The highest BCUT2D eigenvalue weighted by atomic mass is 15.2. The van der Waals surface area contributed by atoms with Crippen LogP contribution in [0.4, 0.5) is 5.69 Å². The molecule has 18 heavy (non-hydrogen) atoms. The second-order valence-corrected chi connectivity index (χ2v) is 5.37. The van der Waals surface area contributed by atoms with Crippen molar-refractivity contribution in [2.24, 2.45) is 0 Å². The lowest BCUT2D eigenvalue weighted by molar-refractivity contribution is 0.198. The maximum absolute atomic E-state index is 3.49. The smallest absolute Gasteiger partial charge is 0.0340 e. The molecule has 2 nitrogen and oxygen atoms in total. The van der Waals surface area contributed by atoms with E-state index in [0.717, 1.165) is 18.6 Å². The van der Waals surface area contributed by atoms with E-state index >= 15 is 0 Å². The number of hydrogen-bond acceptors (Lipinski definition) is 2. The van der Waals surface area contributed by atoms with Crippen LogP contribution < -0.4 is 5.32 Å². The monoisotopic (exact) mass is 246 g/mol. The molecule has 2 unspecified atom stereocenters. The van der Waals surface area contributed by atoms with Gasteiger partial charge < -0.3 is 5.32 Å². The van der Waals surface area contributed by atoms with E-state index in [0.29, 0.717) is 0 Å². The maximum atomic E-state index is 3.49. The van der Waals surface area contributed by atoms with Gasteiger partial charge in [-0.1, -0.05) is 25.1 Å². The van der Waals surface area contributed by atoms with Crippen LogP contribution in [-0.2, 0) is 0 Å². The molecular weight excluding hydrogens is 220 g/mol. The zero-order valence-electron chi connectivity index (χ0n) is 11.7. The average molecular weight is 246 g/mol. The summed E-state index contributed by atoms with van der Waals surface area (Å²) >= 11 is 0. The summed E-state index contributed by atoms with van der Waals surface area (Å²) in [5.41, 5.74) is 1.24. The molecule has 1 aliphatic heterocycles. The predicted molar refractivity (Wildman–Crippen MR) is 79.0 cm³/mol. The van der Waals surface area contributed by atoms with Crippen LogP contribution in [0.2, 0.25) is 0 Å². The highest BCUT2D eigenvalue weighted by Crippen LogP contribution is 2.25. The normalized spacial score (nSPS) is 24.3. The van der Waals surface area contributed by atoms with Crippen LogP contribution in [0.25, 0.3) is 0 Å². The summed E-state index contributed by atoms with van der Waals surface area (Å²) in [4.78, 5) is 2.70. The van der Waals surface area contributed by atoms with Crippen LogP contribution in [0.15, 0.2) is 30.3 Å². The molecule has 1 saturated heterocycles. The number of nitrogens with zero attached hydrogens (tertiary/aromatic N) is 1. The van der Waals surface area contributed by atoms with Gasteiger partial charge in [0.2, 0.25) is 0 Å². The van der Waals surface area contributed by atoms with Gasteiger partial charge in [0.15, 0.2) is 0 Å². The van der Waals surface area contributed by atoms with Crippen LogP contribution >= 0.6 is 0 Å². The van der Waals surface area contributed by atoms with Crippen molar-refractivity contribution < 1.29 is 0 Å². The fourth-order valence-electron chi connectivity index (χ4n) is 3.02. The summed E-state index contributed by atoms with van der Waals surface area (Å²) in [5, 5.41) is 3.49. The molecule has 0 aromatic heterocycles. The Morgan fingerprint density at radius 2 is 2.00 bits per heavy atom. The molecule has 100 valence electrons. The third-order valence-corrected chi connectivity index (χ3v) is 4.12. The van der Waals surface area contributed by atoms with Crippen molar-refractivity contribution in [2.75, 3.05) is 18.4 Å². The highest BCUT2D eigenvalue weighted by Gasteiger charge is 2.28. The van der Waals surface area contributed by atoms with Crippen LogP contribution in [0, 0.1) is 0 Å². The van der Waals surface area contributed by atoms with E-state index in [2.05, 4.69) is 54.4 Å². The van der Waals surface area contributed by atoms with Crippen LogP contribution in [0.5, 0.6) is 0 Å². The molecule has 1 fully saturated rings. The van der Waals surface area contributed by atoms with Gasteiger partial charge in [-0.2, -0.15) is 0 Å². The summed E-state index contributed by atoms with van der Waals surface area (Å²) < 4.78 is 0. The van der Waals surface area contributed by atoms with E-state index in [4.69, 9.17) is 0 Å². The Bertz CT molecular complexity index is 336. The molecule has 1 heterocycles. The molecule has 2 atom stereocenters. The lowest BCUT2D eigenvalue weighted by Gasteiger charge is -2.27. The Balaban J connectivity index is 1.69. The second kappa shape index (κ2) is 6.79. The molecule has 0 saturated carbocycles. The quantitative estimate of drug-likeness (QED) is 0.769. The fraction of sp³-hybridized carbons (Fsp3) is 0.625. The van der Waals surface area contributed by atoms with E-state index in [1.807, 2.05) is 0 Å². The molecule has 0 aliphatic carbocycles. The van der Waals surface area contributed by atoms with Crippen molar-refractivity contribution in [3.63, 3.8) is 0 Å². The molecule has 0 amide bonds. The van der Waals surface area contributed by atoms with E-state index in [1.165, 1.54) is 37.9 Å². The molecule has 2 heteroatoms. The SMILES string of the molecule is CCC1CCC(C)N1CCCNc1ccccc1. The van der Waals surface area contributed by atoms with Crippen LogP contribution in [0.1, 0.15) is 39.5 Å². The Morgan fingerprint density at radius 1 is 1.22 bits per heavy atom. The van der Waals surface area contributed by atoms with Gasteiger partial charge in [0, 0.05) is 30.9 Å². The van der Waals surface area contributed by atoms with Gasteiger partial charge in [0.05, 0.1) is 0 Å².